The van der Waals surface area contributed by atoms with E-state index in [9.17, 15) is 0 Å². The van der Waals surface area contributed by atoms with Crippen molar-refractivity contribution < 1.29 is 0 Å². The van der Waals surface area contributed by atoms with Crippen molar-refractivity contribution in [1.29, 1.82) is 0 Å². The van der Waals surface area contributed by atoms with E-state index in [-0.39, 0.29) is 0 Å². The second-order valence-corrected chi connectivity index (χ2v) is 9.16. The van der Waals surface area contributed by atoms with Gasteiger partial charge < -0.3 is 0 Å². The molecule has 36 heavy (non-hydrogen) atoms. The lowest BCUT2D eigenvalue weighted by atomic mass is 9.84. The standard InChI is InChI=1S/C35H23N/c1-3-11-24(12-4-1)26-19-20-31(28-16-8-7-15-27(26)28)35-30-18-10-9-17-29(30)34(25-13-5-2-6-14-25)32-21-22-36-23-33(32)35/h1-23H. The van der Waals surface area contributed by atoms with Gasteiger partial charge in [-0.2, -0.15) is 0 Å². The lowest BCUT2D eigenvalue weighted by Gasteiger charge is -2.19. The second-order valence-electron chi connectivity index (χ2n) is 9.16. The molecular weight excluding hydrogens is 434 g/mol. The van der Waals surface area contributed by atoms with Crippen molar-refractivity contribution in [3.63, 3.8) is 0 Å². The molecule has 0 fully saturated rings. The van der Waals surface area contributed by atoms with E-state index < -0.39 is 0 Å². The summed E-state index contributed by atoms with van der Waals surface area (Å²) in [5.74, 6) is 0. The van der Waals surface area contributed by atoms with Gasteiger partial charge in [0.1, 0.15) is 0 Å². The van der Waals surface area contributed by atoms with Gasteiger partial charge in [0, 0.05) is 17.8 Å². The molecule has 0 saturated carbocycles. The van der Waals surface area contributed by atoms with Gasteiger partial charge in [-0.05, 0) is 66.4 Å². The average Bonchev–Trinajstić information content (AvgIpc) is 2.96. The Balaban J connectivity index is 1.62. The highest BCUT2D eigenvalue weighted by molar-refractivity contribution is 6.23. The summed E-state index contributed by atoms with van der Waals surface area (Å²) in [5, 5.41) is 7.41. The monoisotopic (exact) mass is 457 g/mol. The van der Waals surface area contributed by atoms with E-state index in [4.69, 9.17) is 0 Å². The lowest BCUT2D eigenvalue weighted by molar-refractivity contribution is 1.37. The van der Waals surface area contributed by atoms with E-state index in [1.54, 1.807) is 0 Å². The highest BCUT2D eigenvalue weighted by atomic mass is 14.6. The van der Waals surface area contributed by atoms with E-state index in [1.807, 2.05) is 12.4 Å². The third-order valence-corrected chi connectivity index (χ3v) is 7.17. The van der Waals surface area contributed by atoms with Gasteiger partial charge in [-0.25, -0.2) is 0 Å². The SMILES string of the molecule is c1ccc(-c2ccc(-c3c4ccccc4c(-c4ccccc4)c4ccncc34)c3ccccc23)cc1. The van der Waals surface area contributed by atoms with Gasteiger partial charge in [-0.3, -0.25) is 4.98 Å². The van der Waals surface area contributed by atoms with Crippen LogP contribution in [-0.4, -0.2) is 4.98 Å². The summed E-state index contributed by atoms with van der Waals surface area (Å²) in [4.78, 5) is 4.59. The first kappa shape index (κ1) is 20.6. The number of aromatic nitrogens is 1. The fourth-order valence-electron chi connectivity index (χ4n) is 5.61. The second kappa shape index (κ2) is 8.48. The maximum Gasteiger partial charge on any atom is 0.0353 e. The normalized spacial score (nSPS) is 11.3. The van der Waals surface area contributed by atoms with E-state index in [2.05, 4.69) is 132 Å². The molecule has 7 rings (SSSR count). The quantitative estimate of drug-likeness (QED) is 0.241. The van der Waals surface area contributed by atoms with Crippen LogP contribution in [0, 0.1) is 0 Å². The van der Waals surface area contributed by atoms with Crippen LogP contribution < -0.4 is 0 Å². The van der Waals surface area contributed by atoms with Gasteiger partial charge in [0.2, 0.25) is 0 Å². The molecule has 0 amide bonds. The molecule has 1 heteroatoms. The minimum absolute atomic E-state index is 1.17. The zero-order valence-corrected chi connectivity index (χ0v) is 19.7. The molecule has 1 nitrogen and oxygen atoms in total. The number of rotatable bonds is 3. The largest absolute Gasteiger partial charge is 0.264 e. The maximum absolute atomic E-state index is 4.59. The predicted molar refractivity (Wildman–Crippen MR) is 153 cm³/mol. The molecule has 0 aliphatic rings. The highest BCUT2D eigenvalue weighted by Gasteiger charge is 2.18. The summed E-state index contributed by atoms with van der Waals surface area (Å²) in [5.41, 5.74) is 7.44. The molecule has 6 aromatic carbocycles. The molecule has 0 N–H and O–H groups in total. The van der Waals surface area contributed by atoms with Crippen LogP contribution >= 0.6 is 0 Å². The minimum atomic E-state index is 1.17. The zero-order chi connectivity index (χ0) is 23.9. The van der Waals surface area contributed by atoms with E-state index in [0.717, 1.165) is 0 Å². The van der Waals surface area contributed by atoms with Crippen molar-refractivity contribution in [2.24, 2.45) is 0 Å². The molecule has 1 heterocycles. The molecule has 0 aliphatic carbocycles. The molecule has 1 aromatic heterocycles. The molecule has 0 aliphatic heterocycles. The van der Waals surface area contributed by atoms with Crippen LogP contribution in [-0.2, 0) is 0 Å². The van der Waals surface area contributed by atoms with Crippen LogP contribution in [0.4, 0.5) is 0 Å². The number of nitrogens with zero attached hydrogens (tertiary/aromatic N) is 1. The van der Waals surface area contributed by atoms with Gasteiger partial charge >= 0.3 is 0 Å². The maximum atomic E-state index is 4.59. The Hall–Kier alpha value is -4.75. The van der Waals surface area contributed by atoms with Crippen LogP contribution in [0.2, 0.25) is 0 Å². The lowest BCUT2D eigenvalue weighted by Crippen LogP contribution is -1.93. The molecule has 0 bridgehead atoms. The summed E-state index contributed by atoms with van der Waals surface area (Å²) in [6.07, 6.45) is 3.94. The Kier molecular flexibility index (Phi) is 4.85. The summed E-state index contributed by atoms with van der Waals surface area (Å²) >= 11 is 0. The predicted octanol–water partition coefficient (Wildman–Crippen LogP) is 9.54. The molecular formula is C35H23N. The van der Waals surface area contributed by atoms with Gasteiger partial charge in [0.15, 0.2) is 0 Å². The minimum Gasteiger partial charge on any atom is -0.264 e. The molecule has 0 spiro atoms. The van der Waals surface area contributed by atoms with Crippen molar-refractivity contribution in [3.8, 4) is 33.4 Å². The first-order chi connectivity index (χ1) is 17.9. The van der Waals surface area contributed by atoms with E-state index >= 15 is 0 Å². The van der Waals surface area contributed by atoms with Gasteiger partial charge in [0.25, 0.3) is 0 Å². The van der Waals surface area contributed by atoms with Crippen LogP contribution in [0.3, 0.4) is 0 Å². The fraction of sp³-hybridized carbons (Fsp3) is 0. The van der Waals surface area contributed by atoms with Crippen molar-refractivity contribution >= 4 is 32.3 Å². The fourth-order valence-corrected chi connectivity index (χ4v) is 5.61. The molecule has 0 atom stereocenters. The van der Waals surface area contributed by atoms with Crippen LogP contribution in [0.25, 0.3) is 65.7 Å². The summed E-state index contributed by atoms with van der Waals surface area (Å²) in [6, 6.07) is 45.6. The van der Waals surface area contributed by atoms with Crippen LogP contribution in [0.5, 0.6) is 0 Å². The van der Waals surface area contributed by atoms with Crippen LogP contribution in [0.1, 0.15) is 0 Å². The van der Waals surface area contributed by atoms with Gasteiger partial charge in [-0.15, -0.1) is 0 Å². The Morgan fingerprint density at radius 3 is 1.53 bits per heavy atom. The smallest absolute Gasteiger partial charge is 0.0353 e. The summed E-state index contributed by atoms with van der Waals surface area (Å²) < 4.78 is 0. The number of fused-ring (bicyclic) bond motifs is 3. The number of pyridine rings is 1. The summed E-state index contributed by atoms with van der Waals surface area (Å²) in [7, 11) is 0. The van der Waals surface area contributed by atoms with Crippen molar-refractivity contribution in [3.05, 3.63) is 140 Å². The topological polar surface area (TPSA) is 12.9 Å². The van der Waals surface area contributed by atoms with Gasteiger partial charge in [0.05, 0.1) is 0 Å². The Labute approximate surface area is 210 Å². The Morgan fingerprint density at radius 2 is 0.833 bits per heavy atom. The number of benzene rings is 6. The molecule has 0 unspecified atom stereocenters. The van der Waals surface area contributed by atoms with Crippen molar-refractivity contribution in [2.45, 2.75) is 0 Å². The zero-order valence-electron chi connectivity index (χ0n) is 19.7. The third kappa shape index (κ3) is 3.21. The molecule has 0 radical (unpaired) electrons. The summed E-state index contributed by atoms with van der Waals surface area (Å²) in [6.45, 7) is 0. The van der Waals surface area contributed by atoms with E-state index in [1.165, 1.54) is 65.7 Å². The Bertz CT molecular complexity index is 1810. The third-order valence-electron chi connectivity index (χ3n) is 7.17. The van der Waals surface area contributed by atoms with E-state index in [0.29, 0.717) is 0 Å². The Morgan fingerprint density at radius 1 is 0.333 bits per heavy atom. The number of hydrogen-bond acceptors (Lipinski definition) is 1. The first-order valence-corrected chi connectivity index (χ1v) is 12.3. The van der Waals surface area contributed by atoms with Crippen LogP contribution in [0.15, 0.2) is 140 Å². The first-order valence-electron chi connectivity index (χ1n) is 12.3. The average molecular weight is 458 g/mol. The molecule has 7 aromatic rings. The number of hydrogen-bond donors (Lipinski definition) is 0. The van der Waals surface area contributed by atoms with Gasteiger partial charge in [-0.1, -0.05) is 121 Å². The molecule has 168 valence electrons. The molecule has 0 saturated heterocycles. The van der Waals surface area contributed by atoms with Crippen molar-refractivity contribution in [1.82, 2.24) is 4.98 Å². The highest BCUT2D eigenvalue weighted by Crippen LogP contribution is 2.45. The van der Waals surface area contributed by atoms with Crippen molar-refractivity contribution in [2.75, 3.05) is 0 Å².